The number of rotatable bonds is 4. The number of aliphatic hydroxyl groups excluding tert-OH is 1. The Bertz CT molecular complexity index is 693. The zero-order valence-corrected chi connectivity index (χ0v) is 13.4. The van der Waals surface area contributed by atoms with E-state index in [-0.39, 0.29) is 37.8 Å². The number of ether oxygens (including phenoxy) is 1. The number of benzene rings is 1. The van der Waals surface area contributed by atoms with Crippen LogP contribution in [0.1, 0.15) is 23.6 Å². The standard InChI is InChI=1S/C16H17F5N2O3/c17-11-3-10(16(19,20)21)12(18)2-9(11)14(7-5-26-6-7)23-15(25)13-1-8(24)4-22-13/h2-3,7-8,13-14,22,24H,1,4-6H2,(H,23,25)/t8-,13?,14-/m1/s1. The maximum Gasteiger partial charge on any atom is 0.419 e. The Morgan fingerprint density at radius 1 is 1.27 bits per heavy atom. The zero-order chi connectivity index (χ0) is 19.1. The van der Waals surface area contributed by atoms with Gasteiger partial charge in [-0.3, -0.25) is 4.79 Å². The van der Waals surface area contributed by atoms with Crippen LogP contribution in [-0.2, 0) is 15.7 Å². The quantitative estimate of drug-likeness (QED) is 0.693. The summed E-state index contributed by atoms with van der Waals surface area (Å²) in [7, 11) is 0. The molecule has 26 heavy (non-hydrogen) atoms. The molecule has 3 N–H and O–H groups in total. The first-order valence-electron chi connectivity index (χ1n) is 8.02. The Hall–Kier alpha value is -1.78. The maximum atomic E-state index is 14.3. The Morgan fingerprint density at radius 2 is 1.96 bits per heavy atom. The highest BCUT2D eigenvalue weighted by Crippen LogP contribution is 2.36. The smallest absolute Gasteiger partial charge is 0.392 e. The summed E-state index contributed by atoms with van der Waals surface area (Å²) in [6.07, 6.45) is -5.56. The molecule has 1 amide bonds. The first-order valence-corrected chi connectivity index (χ1v) is 8.02. The van der Waals surface area contributed by atoms with Crippen molar-refractivity contribution in [3.8, 4) is 0 Å². The number of carbonyl (C=O) groups excluding carboxylic acids is 1. The number of nitrogens with one attached hydrogen (secondary N) is 2. The maximum absolute atomic E-state index is 14.3. The molecule has 3 atom stereocenters. The van der Waals surface area contributed by atoms with Gasteiger partial charge in [-0.1, -0.05) is 0 Å². The van der Waals surface area contributed by atoms with Crippen molar-refractivity contribution in [2.75, 3.05) is 19.8 Å². The van der Waals surface area contributed by atoms with E-state index in [1.54, 1.807) is 0 Å². The van der Waals surface area contributed by atoms with Crippen LogP contribution in [0.4, 0.5) is 22.0 Å². The molecule has 2 heterocycles. The van der Waals surface area contributed by atoms with Gasteiger partial charge in [-0.05, 0) is 18.6 Å². The largest absolute Gasteiger partial charge is 0.419 e. The van der Waals surface area contributed by atoms with Gasteiger partial charge in [-0.15, -0.1) is 0 Å². The van der Waals surface area contributed by atoms with Crippen LogP contribution < -0.4 is 10.6 Å². The fourth-order valence-electron chi connectivity index (χ4n) is 3.08. The summed E-state index contributed by atoms with van der Waals surface area (Å²) >= 11 is 0. The molecule has 0 radical (unpaired) electrons. The van der Waals surface area contributed by atoms with Crippen LogP contribution in [0.15, 0.2) is 12.1 Å². The molecular formula is C16H17F5N2O3. The lowest BCUT2D eigenvalue weighted by Gasteiger charge is -2.35. The van der Waals surface area contributed by atoms with Crippen molar-refractivity contribution in [1.29, 1.82) is 0 Å². The molecule has 10 heteroatoms. The lowest BCUT2D eigenvalue weighted by molar-refractivity contribution is -0.140. The third kappa shape index (κ3) is 3.81. The SMILES string of the molecule is O=C(N[C@@H](c1cc(F)c(C(F)(F)F)cc1F)C1COC1)C1C[C@@H](O)CN1. The second kappa shape index (κ2) is 7.09. The van der Waals surface area contributed by atoms with Gasteiger partial charge < -0.3 is 20.5 Å². The molecule has 1 aromatic rings. The Kier molecular flexibility index (Phi) is 5.18. The molecule has 0 aromatic heterocycles. The van der Waals surface area contributed by atoms with Crippen molar-refractivity contribution < 1.29 is 36.6 Å². The summed E-state index contributed by atoms with van der Waals surface area (Å²) in [6.45, 7) is 0.542. The van der Waals surface area contributed by atoms with E-state index in [0.717, 1.165) is 0 Å². The average Bonchev–Trinajstić information content (AvgIpc) is 2.92. The molecule has 2 aliphatic heterocycles. The van der Waals surface area contributed by atoms with Crippen LogP contribution >= 0.6 is 0 Å². The molecule has 0 saturated carbocycles. The van der Waals surface area contributed by atoms with E-state index in [1.165, 1.54) is 0 Å². The fourth-order valence-corrected chi connectivity index (χ4v) is 3.08. The van der Waals surface area contributed by atoms with E-state index in [2.05, 4.69) is 10.6 Å². The summed E-state index contributed by atoms with van der Waals surface area (Å²) in [6, 6.07) is -1.18. The van der Waals surface area contributed by atoms with E-state index in [0.29, 0.717) is 6.07 Å². The van der Waals surface area contributed by atoms with Crippen LogP contribution in [-0.4, -0.2) is 42.9 Å². The minimum absolute atomic E-state index is 0.0981. The van der Waals surface area contributed by atoms with E-state index < -0.39 is 53.4 Å². The molecule has 0 spiro atoms. The summed E-state index contributed by atoms with van der Waals surface area (Å²) < 4.78 is 71.4. The van der Waals surface area contributed by atoms with Crippen LogP contribution in [0.25, 0.3) is 0 Å². The molecule has 1 unspecified atom stereocenters. The number of alkyl halides is 3. The third-order valence-electron chi connectivity index (χ3n) is 4.58. The second-order valence-corrected chi connectivity index (χ2v) is 6.49. The molecule has 3 rings (SSSR count). The van der Waals surface area contributed by atoms with Crippen molar-refractivity contribution in [1.82, 2.24) is 10.6 Å². The number of amides is 1. The predicted molar refractivity (Wildman–Crippen MR) is 79.0 cm³/mol. The van der Waals surface area contributed by atoms with Crippen molar-refractivity contribution in [2.45, 2.75) is 30.8 Å². The van der Waals surface area contributed by atoms with Gasteiger partial charge in [0.1, 0.15) is 11.6 Å². The van der Waals surface area contributed by atoms with Crippen LogP contribution in [0.5, 0.6) is 0 Å². The molecule has 2 aliphatic rings. The van der Waals surface area contributed by atoms with Crippen molar-refractivity contribution in [3.63, 3.8) is 0 Å². The molecule has 144 valence electrons. The number of hydrogen-bond acceptors (Lipinski definition) is 4. The fraction of sp³-hybridized carbons (Fsp3) is 0.562. The van der Waals surface area contributed by atoms with Gasteiger partial charge in [-0.25, -0.2) is 8.78 Å². The van der Waals surface area contributed by atoms with Crippen LogP contribution in [0, 0.1) is 17.6 Å². The van der Waals surface area contributed by atoms with Gasteiger partial charge in [-0.2, -0.15) is 13.2 Å². The van der Waals surface area contributed by atoms with Gasteiger partial charge in [0.25, 0.3) is 0 Å². The number of hydrogen-bond donors (Lipinski definition) is 3. The highest BCUT2D eigenvalue weighted by atomic mass is 19.4. The van der Waals surface area contributed by atoms with E-state index in [4.69, 9.17) is 4.74 Å². The molecule has 5 nitrogen and oxygen atoms in total. The number of halogens is 5. The topological polar surface area (TPSA) is 70.6 Å². The molecule has 1 aromatic carbocycles. The molecule has 2 fully saturated rings. The highest BCUT2D eigenvalue weighted by molar-refractivity contribution is 5.82. The van der Waals surface area contributed by atoms with Gasteiger partial charge in [0.2, 0.25) is 5.91 Å². The van der Waals surface area contributed by atoms with Crippen molar-refractivity contribution in [2.24, 2.45) is 5.92 Å². The second-order valence-electron chi connectivity index (χ2n) is 6.49. The first-order chi connectivity index (χ1) is 12.2. The molecule has 2 saturated heterocycles. The van der Waals surface area contributed by atoms with Crippen LogP contribution in [0.3, 0.4) is 0 Å². The Balaban J connectivity index is 1.86. The van der Waals surface area contributed by atoms with Gasteiger partial charge in [0.05, 0.1) is 37.0 Å². The minimum atomic E-state index is -5.02. The predicted octanol–water partition coefficient (Wildman–Crippen LogP) is 1.51. The zero-order valence-electron chi connectivity index (χ0n) is 13.4. The first kappa shape index (κ1) is 19.0. The number of β-amino-alcohol motifs (C(OH)–C–C–N with tert-alkyl or cyclic N) is 1. The van der Waals surface area contributed by atoms with Gasteiger partial charge >= 0.3 is 6.18 Å². The van der Waals surface area contributed by atoms with Crippen LogP contribution in [0.2, 0.25) is 0 Å². The number of aliphatic hydroxyl groups is 1. The summed E-state index contributed by atoms with van der Waals surface area (Å²) in [4.78, 5) is 12.3. The van der Waals surface area contributed by atoms with E-state index >= 15 is 0 Å². The van der Waals surface area contributed by atoms with Crippen molar-refractivity contribution >= 4 is 5.91 Å². The normalized spacial score (nSPS) is 25.0. The average molecular weight is 380 g/mol. The molecular weight excluding hydrogens is 363 g/mol. The molecule has 0 aliphatic carbocycles. The lowest BCUT2D eigenvalue weighted by atomic mass is 9.90. The Labute approximate surface area is 145 Å². The minimum Gasteiger partial charge on any atom is -0.392 e. The summed E-state index contributed by atoms with van der Waals surface area (Å²) in [5.41, 5.74) is -2.06. The Morgan fingerprint density at radius 3 is 2.46 bits per heavy atom. The molecule has 0 bridgehead atoms. The number of carbonyl (C=O) groups is 1. The van der Waals surface area contributed by atoms with E-state index in [9.17, 15) is 31.9 Å². The van der Waals surface area contributed by atoms with Crippen molar-refractivity contribution in [3.05, 3.63) is 34.9 Å². The highest BCUT2D eigenvalue weighted by Gasteiger charge is 2.39. The summed E-state index contributed by atoms with van der Waals surface area (Å²) in [5.74, 6) is -3.80. The third-order valence-corrected chi connectivity index (χ3v) is 4.58. The monoisotopic (exact) mass is 380 g/mol. The summed E-state index contributed by atoms with van der Waals surface area (Å²) in [5, 5.41) is 14.8. The van der Waals surface area contributed by atoms with E-state index in [1.807, 2.05) is 0 Å². The van der Waals surface area contributed by atoms with Gasteiger partial charge in [0.15, 0.2) is 0 Å². The van der Waals surface area contributed by atoms with Gasteiger partial charge in [0, 0.05) is 18.0 Å². The lowest BCUT2D eigenvalue weighted by Crippen LogP contribution is -2.48.